The van der Waals surface area contributed by atoms with Crippen molar-refractivity contribution in [3.8, 4) is 0 Å². The van der Waals surface area contributed by atoms with Crippen LogP contribution in [0, 0.1) is 5.92 Å². The molecule has 0 radical (unpaired) electrons. The Morgan fingerprint density at radius 3 is 2.67 bits per heavy atom. The van der Waals surface area contributed by atoms with E-state index in [0.29, 0.717) is 5.92 Å². The molecule has 0 aromatic carbocycles. The summed E-state index contributed by atoms with van der Waals surface area (Å²) in [5, 5.41) is 2.81. The van der Waals surface area contributed by atoms with Crippen molar-refractivity contribution in [2.45, 2.75) is 33.6 Å². The van der Waals surface area contributed by atoms with Crippen LogP contribution in [0.4, 0.5) is 0 Å². The van der Waals surface area contributed by atoms with Gasteiger partial charge < -0.3 is 5.32 Å². The van der Waals surface area contributed by atoms with Crippen LogP contribution in [0.5, 0.6) is 0 Å². The number of rotatable bonds is 5. The van der Waals surface area contributed by atoms with E-state index in [9.17, 15) is 4.79 Å². The van der Waals surface area contributed by atoms with Crippen molar-refractivity contribution in [1.82, 2.24) is 5.32 Å². The molecule has 0 fully saturated rings. The minimum Gasteiger partial charge on any atom is -0.353 e. The van der Waals surface area contributed by atoms with Gasteiger partial charge in [-0.1, -0.05) is 33.3 Å². The van der Waals surface area contributed by atoms with Crippen molar-refractivity contribution in [1.29, 1.82) is 0 Å². The summed E-state index contributed by atoms with van der Waals surface area (Å²) in [6.07, 6.45) is 5.69. The highest BCUT2D eigenvalue weighted by molar-refractivity contribution is 5.87. The van der Waals surface area contributed by atoms with Gasteiger partial charge in [0.05, 0.1) is 0 Å². The summed E-state index contributed by atoms with van der Waals surface area (Å²) in [7, 11) is 0. The minimum absolute atomic E-state index is 0.0251. The van der Waals surface area contributed by atoms with Gasteiger partial charge in [-0.3, -0.25) is 4.79 Å². The topological polar surface area (TPSA) is 29.1 Å². The molecule has 70 valence electrons. The number of carbonyl (C=O) groups excluding carboxylic acids is 1. The largest absolute Gasteiger partial charge is 0.353 e. The van der Waals surface area contributed by atoms with E-state index in [-0.39, 0.29) is 5.91 Å². The molecule has 0 saturated heterocycles. The van der Waals surface area contributed by atoms with Crippen molar-refractivity contribution in [3.63, 3.8) is 0 Å². The quantitative estimate of drug-likeness (QED) is 0.495. The Labute approximate surface area is 75.0 Å². The van der Waals surface area contributed by atoms with E-state index in [1.165, 1.54) is 0 Å². The molecule has 0 spiro atoms. The maximum absolute atomic E-state index is 11.0. The predicted molar refractivity (Wildman–Crippen MR) is 51.9 cm³/mol. The fraction of sp³-hybridized carbons (Fsp3) is 0.700. The van der Waals surface area contributed by atoms with Gasteiger partial charge in [-0.2, -0.15) is 0 Å². The normalized spacial score (nSPS) is 11.0. The zero-order chi connectivity index (χ0) is 9.40. The molecule has 0 atom stereocenters. The third kappa shape index (κ3) is 7.32. The summed E-state index contributed by atoms with van der Waals surface area (Å²) in [5.41, 5.74) is 0. The zero-order valence-electron chi connectivity index (χ0n) is 8.26. The van der Waals surface area contributed by atoms with Crippen molar-refractivity contribution in [2.24, 2.45) is 5.92 Å². The molecule has 12 heavy (non-hydrogen) atoms. The van der Waals surface area contributed by atoms with E-state index in [2.05, 4.69) is 26.1 Å². The molecule has 0 aliphatic rings. The molecule has 1 amide bonds. The summed E-state index contributed by atoms with van der Waals surface area (Å²) >= 11 is 0. The van der Waals surface area contributed by atoms with E-state index in [0.717, 1.165) is 19.4 Å². The average Bonchev–Trinajstić information content (AvgIpc) is 2.01. The Morgan fingerprint density at radius 1 is 1.50 bits per heavy atom. The van der Waals surface area contributed by atoms with Crippen LogP contribution >= 0.6 is 0 Å². The Balaban J connectivity index is 3.46. The highest BCUT2D eigenvalue weighted by atomic mass is 16.1. The van der Waals surface area contributed by atoms with Gasteiger partial charge >= 0.3 is 0 Å². The second-order valence-corrected chi connectivity index (χ2v) is 3.25. The van der Waals surface area contributed by atoms with Gasteiger partial charge in [-0.15, -0.1) is 0 Å². The van der Waals surface area contributed by atoms with Gasteiger partial charge in [0.2, 0.25) is 5.91 Å². The van der Waals surface area contributed by atoms with Gasteiger partial charge in [0, 0.05) is 6.54 Å². The number of hydrogen-bond donors (Lipinski definition) is 1. The van der Waals surface area contributed by atoms with E-state index >= 15 is 0 Å². The van der Waals surface area contributed by atoms with Crippen LogP contribution in [-0.2, 0) is 4.79 Å². The summed E-state index contributed by atoms with van der Waals surface area (Å²) < 4.78 is 0. The van der Waals surface area contributed by atoms with Crippen LogP contribution in [0.15, 0.2) is 12.2 Å². The van der Waals surface area contributed by atoms with Crippen molar-refractivity contribution >= 4 is 5.91 Å². The highest BCUT2D eigenvalue weighted by Crippen LogP contribution is 1.92. The molecule has 0 aliphatic heterocycles. The molecule has 0 heterocycles. The Morgan fingerprint density at radius 2 is 2.17 bits per heavy atom. The summed E-state index contributed by atoms with van der Waals surface area (Å²) in [6, 6.07) is 0. The lowest BCUT2D eigenvalue weighted by molar-refractivity contribution is -0.116. The first-order valence-electron chi connectivity index (χ1n) is 4.62. The SMILES string of the molecule is CCCCNC(=O)/C=C/C(C)C. The number of allylic oxidation sites excluding steroid dienone is 1. The van der Waals surface area contributed by atoms with Crippen molar-refractivity contribution in [2.75, 3.05) is 6.54 Å². The summed E-state index contributed by atoms with van der Waals surface area (Å²) in [4.78, 5) is 11.0. The van der Waals surface area contributed by atoms with Gasteiger partial charge in [-0.25, -0.2) is 0 Å². The molecule has 0 unspecified atom stereocenters. The van der Waals surface area contributed by atoms with Crippen molar-refractivity contribution < 1.29 is 4.79 Å². The second-order valence-electron chi connectivity index (χ2n) is 3.25. The molecule has 2 nitrogen and oxygen atoms in total. The predicted octanol–water partition coefficient (Wildman–Crippen LogP) is 2.11. The Bertz CT molecular complexity index is 150. The number of nitrogens with one attached hydrogen (secondary N) is 1. The lowest BCUT2D eigenvalue weighted by Gasteiger charge is -1.99. The maximum atomic E-state index is 11.0. The lowest BCUT2D eigenvalue weighted by Crippen LogP contribution is -2.21. The van der Waals surface area contributed by atoms with Crippen molar-refractivity contribution in [3.05, 3.63) is 12.2 Å². The molecule has 0 aliphatic carbocycles. The fourth-order valence-electron chi connectivity index (χ4n) is 0.727. The third-order valence-electron chi connectivity index (χ3n) is 1.46. The van der Waals surface area contributed by atoms with Gasteiger partial charge in [0.25, 0.3) is 0 Å². The zero-order valence-corrected chi connectivity index (χ0v) is 8.26. The van der Waals surface area contributed by atoms with E-state index in [1.54, 1.807) is 6.08 Å². The first kappa shape index (κ1) is 11.2. The number of hydrogen-bond acceptors (Lipinski definition) is 1. The van der Waals surface area contributed by atoms with Crippen LogP contribution in [-0.4, -0.2) is 12.5 Å². The Hall–Kier alpha value is -0.790. The number of unbranched alkanes of at least 4 members (excludes halogenated alkanes) is 1. The molecule has 1 N–H and O–H groups in total. The highest BCUT2D eigenvalue weighted by Gasteiger charge is 1.93. The molecular formula is C10H19NO. The minimum atomic E-state index is 0.0251. The molecule has 0 aromatic heterocycles. The molecular weight excluding hydrogens is 150 g/mol. The second kappa shape index (κ2) is 6.89. The van der Waals surface area contributed by atoms with Crippen LogP contribution < -0.4 is 5.32 Å². The number of carbonyl (C=O) groups is 1. The van der Waals surface area contributed by atoms with E-state index in [1.807, 2.05) is 6.08 Å². The third-order valence-corrected chi connectivity index (χ3v) is 1.46. The smallest absolute Gasteiger partial charge is 0.243 e. The standard InChI is InChI=1S/C10H19NO/c1-4-5-8-11-10(12)7-6-9(2)3/h6-7,9H,4-5,8H2,1-3H3,(H,11,12)/b7-6+. The van der Waals surface area contributed by atoms with Crippen LogP contribution in [0.1, 0.15) is 33.6 Å². The van der Waals surface area contributed by atoms with Gasteiger partial charge in [-0.05, 0) is 18.4 Å². The molecule has 2 heteroatoms. The summed E-state index contributed by atoms with van der Waals surface area (Å²) in [5.74, 6) is 0.471. The average molecular weight is 169 g/mol. The van der Waals surface area contributed by atoms with Crippen LogP contribution in [0.25, 0.3) is 0 Å². The molecule has 0 aromatic rings. The first-order chi connectivity index (χ1) is 5.66. The number of amides is 1. The maximum Gasteiger partial charge on any atom is 0.243 e. The summed E-state index contributed by atoms with van der Waals surface area (Å²) in [6.45, 7) is 7.00. The van der Waals surface area contributed by atoms with E-state index < -0.39 is 0 Å². The fourth-order valence-corrected chi connectivity index (χ4v) is 0.727. The molecule has 0 rings (SSSR count). The molecule has 0 bridgehead atoms. The Kier molecular flexibility index (Phi) is 6.44. The molecule has 0 saturated carbocycles. The van der Waals surface area contributed by atoms with Gasteiger partial charge in [0.1, 0.15) is 0 Å². The first-order valence-corrected chi connectivity index (χ1v) is 4.62. The van der Waals surface area contributed by atoms with E-state index in [4.69, 9.17) is 0 Å². The van der Waals surface area contributed by atoms with Crippen LogP contribution in [0.3, 0.4) is 0 Å². The lowest BCUT2D eigenvalue weighted by atomic mass is 10.2. The monoisotopic (exact) mass is 169 g/mol. The van der Waals surface area contributed by atoms with Gasteiger partial charge in [0.15, 0.2) is 0 Å². The van der Waals surface area contributed by atoms with Crippen LogP contribution in [0.2, 0.25) is 0 Å².